The predicted molar refractivity (Wildman–Crippen MR) is 156 cm³/mol. The van der Waals surface area contributed by atoms with Gasteiger partial charge < -0.3 is 19.7 Å². The van der Waals surface area contributed by atoms with E-state index in [1.54, 1.807) is 63.4 Å². The van der Waals surface area contributed by atoms with Crippen molar-refractivity contribution in [3.8, 4) is 22.8 Å². The molecule has 0 radical (unpaired) electrons. The molecule has 2 amide bonds. The Kier molecular flexibility index (Phi) is 9.49. The minimum absolute atomic E-state index is 0.00533. The number of benzene rings is 2. The van der Waals surface area contributed by atoms with Gasteiger partial charge in [0, 0.05) is 18.2 Å². The molecular weight excluding hydrogens is 557 g/mol. The van der Waals surface area contributed by atoms with Crippen LogP contribution in [0.5, 0.6) is 0 Å². The van der Waals surface area contributed by atoms with Crippen LogP contribution in [-0.4, -0.2) is 49.8 Å². The van der Waals surface area contributed by atoms with Crippen LogP contribution in [-0.2, 0) is 33.6 Å². The number of carboxylic acids is 1. The Morgan fingerprint density at radius 3 is 2.33 bits per heavy atom. The number of ether oxygens (including phenoxy) is 1. The largest absolute Gasteiger partial charge is 0.480 e. The van der Waals surface area contributed by atoms with Gasteiger partial charge in [0.05, 0.1) is 12.0 Å². The van der Waals surface area contributed by atoms with Crippen LogP contribution in [0, 0.1) is 5.82 Å². The highest BCUT2D eigenvalue weighted by atomic mass is 19.1. The van der Waals surface area contributed by atoms with Crippen LogP contribution in [0.1, 0.15) is 44.4 Å². The molecule has 3 N–H and O–H groups in total. The third-order valence-corrected chi connectivity index (χ3v) is 6.19. The fourth-order valence-electron chi connectivity index (χ4n) is 4.08. The van der Waals surface area contributed by atoms with E-state index in [9.17, 15) is 19.5 Å². The van der Waals surface area contributed by atoms with Gasteiger partial charge in [-0.2, -0.15) is 4.98 Å². The topological polar surface area (TPSA) is 157 Å². The summed E-state index contributed by atoms with van der Waals surface area (Å²) in [4.78, 5) is 44.6. The van der Waals surface area contributed by atoms with Crippen LogP contribution < -0.4 is 10.6 Å². The first kappa shape index (κ1) is 30.8. The molecule has 0 fully saturated rings. The van der Waals surface area contributed by atoms with Crippen molar-refractivity contribution in [3.05, 3.63) is 83.3 Å². The van der Waals surface area contributed by atoms with Crippen molar-refractivity contribution < 1.29 is 33.1 Å². The molecule has 2 heterocycles. The molecule has 224 valence electrons. The lowest BCUT2D eigenvalue weighted by Crippen LogP contribution is -2.44. The summed E-state index contributed by atoms with van der Waals surface area (Å²) in [5.41, 5.74) is 2.13. The highest BCUT2D eigenvalue weighted by molar-refractivity contribution is 5.91. The van der Waals surface area contributed by atoms with Crippen LogP contribution in [0.4, 0.5) is 15.0 Å². The molecule has 0 saturated carbocycles. The molecule has 1 unspecified atom stereocenters. The number of amides is 2. The van der Waals surface area contributed by atoms with E-state index in [1.165, 1.54) is 12.1 Å². The number of rotatable bonds is 10. The minimum Gasteiger partial charge on any atom is -0.480 e. The SMILES string of the molecule is CCc1ccc(NC(=O)NC(Cc2ccc(-c3noc(-c4ccc(CC(=O)OC(C)(C)C)cc4)n3)c(F)c2)C(=O)O)nc1. The van der Waals surface area contributed by atoms with Crippen molar-refractivity contribution in [3.63, 3.8) is 0 Å². The second kappa shape index (κ2) is 13.2. The van der Waals surface area contributed by atoms with Gasteiger partial charge in [0.2, 0.25) is 5.82 Å². The number of hydrogen-bond acceptors (Lipinski definition) is 8. The number of esters is 1. The Hall–Kier alpha value is -5.13. The van der Waals surface area contributed by atoms with Crippen molar-refractivity contribution >= 4 is 23.8 Å². The number of carbonyl (C=O) groups excluding carboxylic acids is 2. The summed E-state index contributed by atoms with van der Waals surface area (Å²) >= 11 is 0. The van der Waals surface area contributed by atoms with E-state index in [0.29, 0.717) is 11.1 Å². The van der Waals surface area contributed by atoms with Gasteiger partial charge in [0.15, 0.2) is 0 Å². The van der Waals surface area contributed by atoms with Crippen molar-refractivity contribution in [1.82, 2.24) is 20.4 Å². The molecule has 0 bridgehead atoms. The fraction of sp³-hybridized carbons (Fsp3) is 0.290. The van der Waals surface area contributed by atoms with Crippen LogP contribution in [0.3, 0.4) is 0 Å². The van der Waals surface area contributed by atoms with E-state index in [0.717, 1.165) is 23.6 Å². The quantitative estimate of drug-likeness (QED) is 0.212. The Balaban J connectivity index is 1.39. The molecule has 0 spiro atoms. The van der Waals surface area contributed by atoms with Gasteiger partial charge in [-0.1, -0.05) is 36.3 Å². The van der Waals surface area contributed by atoms with E-state index in [-0.39, 0.29) is 41.9 Å². The predicted octanol–water partition coefficient (Wildman–Crippen LogP) is 5.20. The van der Waals surface area contributed by atoms with E-state index in [2.05, 4.69) is 25.8 Å². The summed E-state index contributed by atoms with van der Waals surface area (Å²) in [5.74, 6) is -1.89. The average Bonchev–Trinajstić information content (AvgIpc) is 3.42. The molecule has 43 heavy (non-hydrogen) atoms. The second-order valence-corrected chi connectivity index (χ2v) is 10.8. The molecule has 0 aliphatic carbocycles. The number of anilines is 1. The highest BCUT2D eigenvalue weighted by Gasteiger charge is 2.22. The number of aromatic nitrogens is 3. The maximum Gasteiger partial charge on any atom is 0.326 e. The Bertz CT molecular complexity index is 1600. The first-order valence-electron chi connectivity index (χ1n) is 13.6. The summed E-state index contributed by atoms with van der Waals surface area (Å²) in [5, 5.41) is 18.4. The number of pyridine rings is 1. The van der Waals surface area contributed by atoms with Crippen LogP contribution >= 0.6 is 0 Å². The zero-order valence-electron chi connectivity index (χ0n) is 24.2. The Labute approximate surface area is 247 Å². The average molecular weight is 590 g/mol. The lowest BCUT2D eigenvalue weighted by molar-refractivity contribution is -0.154. The molecular formula is C31H32FN5O6. The maximum atomic E-state index is 15.1. The molecule has 4 rings (SSSR count). The van der Waals surface area contributed by atoms with Crippen LogP contribution in [0.15, 0.2) is 65.3 Å². The summed E-state index contributed by atoms with van der Waals surface area (Å²) in [6.07, 6.45) is 2.34. The van der Waals surface area contributed by atoms with Gasteiger partial charge in [-0.3, -0.25) is 10.1 Å². The fourth-order valence-corrected chi connectivity index (χ4v) is 4.08. The number of carbonyl (C=O) groups is 3. The molecule has 0 saturated heterocycles. The Morgan fingerprint density at radius 2 is 1.72 bits per heavy atom. The van der Waals surface area contributed by atoms with Gasteiger partial charge in [0.1, 0.15) is 23.3 Å². The number of nitrogens with zero attached hydrogens (tertiary/aromatic N) is 3. The van der Waals surface area contributed by atoms with Crippen LogP contribution in [0.2, 0.25) is 0 Å². The van der Waals surface area contributed by atoms with E-state index in [1.807, 2.05) is 6.92 Å². The standard InChI is InChI=1S/C31H32FN5O6/c1-5-18-9-13-25(33-17-18)35-30(41)34-24(29(39)40)15-20-8-12-22(23(32)14-20)27-36-28(43-37-27)21-10-6-19(7-11-21)16-26(38)42-31(2,3)4/h6-14,17,24H,5,15-16H2,1-4H3,(H,39,40)(H2,33,34,35,41). The van der Waals surface area contributed by atoms with E-state index < -0.39 is 29.5 Å². The highest BCUT2D eigenvalue weighted by Crippen LogP contribution is 2.26. The number of halogens is 1. The molecule has 4 aromatic rings. The lowest BCUT2D eigenvalue weighted by atomic mass is 10.0. The number of aryl methyl sites for hydroxylation is 1. The molecule has 0 aliphatic rings. The number of urea groups is 1. The van der Waals surface area contributed by atoms with Gasteiger partial charge in [-0.15, -0.1) is 0 Å². The summed E-state index contributed by atoms with van der Waals surface area (Å²) in [6.45, 7) is 7.37. The number of aliphatic carboxylic acids is 1. The Morgan fingerprint density at radius 1 is 1.02 bits per heavy atom. The third-order valence-electron chi connectivity index (χ3n) is 6.19. The van der Waals surface area contributed by atoms with Gasteiger partial charge in [-0.05, 0) is 74.2 Å². The molecule has 0 aliphatic heterocycles. The normalized spacial score (nSPS) is 11.9. The zero-order chi connectivity index (χ0) is 31.1. The van der Waals surface area contributed by atoms with Crippen molar-refractivity contribution in [2.75, 3.05) is 5.32 Å². The molecule has 2 aromatic carbocycles. The molecule has 12 heteroatoms. The second-order valence-electron chi connectivity index (χ2n) is 10.8. The smallest absolute Gasteiger partial charge is 0.326 e. The van der Waals surface area contributed by atoms with Crippen molar-refractivity contribution in [2.45, 2.75) is 58.6 Å². The summed E-state index contributed by atoms with van der Waals surface area (Å²) < 4.78 is 25.7. The summed E-state index contributed by atoms with van der Waals surface area (Å²) in [6, 6.07) is 12.4. The third kappa shape index (κ3) is 8.68. The van der Waals surface area contributed by atoms with Gasteiger partial charge in [0.25, 0.3) is 5.89 Å². The number of carboxylic acid groups (broad SMARTS) is 1. The van der Waals surface area contributed by atoms with E-state index in [4.69, 9.17) is 9.26 Å². The van der Waals surface area contributed by atoms with Gasteiger partial charge in [-0.25, -0.2) is 19.0 Å². The van der Waals surface area contributed by atoms with Crippen LogP contribution in [0.25, 0.3) is 22.8 Å². The van der Waals surface area contributed by atoms with E-state index >= 15 is 4.39 Å². The zero-order valence-corrected chi connectivity index (χ0v) is 24.2. The number of nitrogens with one attached hydrogen (secondary N) is 2. The van der Waals surface area contributed by atoms with Gasteiger partial charge >= 0.3 is 18.0 Å². The molecule has 2 aromatic heterocycles. The summed E-state index contributed by atoms with van der Waals surface area (Å²) in [7, 11) is 0. The molecule has 11 nitrogen and oxygen atoms in total. The first-order chi connectivity index (χ1) is 20.4. The van der Waals surface area contributed by atoms with Crippen molar-refractivity contribution in [2.24, 2.45) is 0 Å². The lowest BCUT2D eigenvalue weighted by Gasteiger charge is -2.19. The molecule has 1 atom stereocenters. The first-order valence-corrected chi connectivity index (χ1v) is 13.6. The monoisotopic (exact) mass is 589 g/mol. The maximum absolute atomic E-state index is 15.1. The minimum atomic E-state index is -1.32. The van der Waals surface area contributed by atoms with Crippen molar-refractivity contribution in [1.29, 1.82) is 0 Å². The number of hydrogen-bond donors (Lipinski definition) is 3.